The number of para-hydroxylation sites is 1. The van der Waals surface area contributed by atoms with Crippen LogP contribution in [-0.2, 0) is 18.3 Å². The zero-order chi connectivity index (χ0) is 17.1. The number of fused-ring (bicyclic) bond motifs is 1. The highest BCUT2D eigenvalue weighted by atomic mass is 35.5. The Balaban J connectivity index is 1.75. The third-order valence-corrected chi connectivity index (χ3v) is 3.99. The molecule has 0 saturated carbocycles. The maximum absolute atomic E-state index is 12.3. The summed E-state index contributed by atoms with van der Waals surface area (Å²) >= 11 is 5.90. The van der Waals surface area contributed by atoms with Crippen molar-refractivity contribution in [3.63, 3.8) is 0 Å². The molecule has 0 aliphatic heterocycles. The van der Waals surface area contributed by atoms with Gasteiger partial charge in [-0.2, -0.15) is 0 Å². The van der Waals surface area contributed by atoms with Crippen molar-refractivity contribution in [2.75, 3.05) is 5.32 Å². The van der Waals surface area contributed by atoms with Crippen molar-refractivity contribution in [2.24, 2.45) is 7.05 Å². The molecular formula is C18H16ClN3O2. The van der Waals surface area contributed by atoms with Gasteiger partial charge in [0.1, 0.15) is 5.82 Å². The van der Waals surface area contributed by atoms with Crippen LogP contribution in [0.4, 0.5) is 5.69 Å². The van der Waals surface area contributed by atoms with Gasteiger partial charge in [-0.3, -0.25) is 14.2 Å². The van der Waals surface area contributed by atoms with Gasteiger partial charge in [0.2, 0.25) is 5.91 Å². The van der Waals surface area contributed by atoms with Gasteiger partial charge in [0, 0.05) is 30.6 Å². The first-order valence-electron chi connectivity index (χ1n) is 7.54. The van der Waals surface area contributed by atoms with E-state index in [2.05, 4.69) is 10.3 Å². The third kappa shape index (κ3) is 3.46. The van der Waals surface area contributed by atoms with E-state index in [1.165, 1.54) is 4.57 Å². The van der Waals surface area contributed by atoms with Gasteiger partial charge in [-0.25, -0.2) is 4.98 Å². The second-order valence-corrected chi connectivity index (χ2v) is 5.90. The largest absolute Gasteiger partial charge is 0.326 e. The predicted molar refractivity (Wildman–Crippen MR) is 95.4 cm³/mol. The minimum absolute atomic E-state index is 0.106. The van der Waals surface area contributed by atoms with Crippen molar-refractivity contribution in [1.29, 1.82) is 0 Å². The van der Waals surface area contributed by atoms with Crippen LogP contribution < -0.4 is 10.9 Å². The van der Waals surface area contributed by atoms with Crippen LogP contribution in [0.15, 0.2) is 53.3 Å². The molecular weight excluding hydrogens is 326 g/mol. The van der Waals surface area contributed by atoms with Crippen molar-refractivity contribution < 1.29 is 4.79 Å². The van der Waals surface area contributed by atoms with Crippen LogP contribution in [0, 0.1) is 0 Å². The smallest absolute Gasteiger partial charge is 0.261 e. The van der Waals surface area contributed by atoms with Crippen LogP contribution in [0.5, 0.6) is 0 Å². The first kappa shape index (κ1) is 16.2. The van der Waals surface area contributed by atoms with Gasteiger partial charge in [-0.05, 0) is 30.3 Å². The number of halogens is 1. The minimum atomic E-state index is -0.153. The lowest BCUT2D eigenvalue weighted by Crippen LogP contribution is -2.23. The van der Waals surface area contributed by atoms with E-state index < -0.39 is 0 Å². The quantitative estimate of drug-likeness (QED) is 0.792. The number of aryl methyl sites for hydroxylation is 1. The molecule has 0 bridgehead atoms. The number of rotatable bonds is 4. The summed E-state index contributed by atoms with van der Waals surface area (Å²) in [7, 11) is 1.67. The van der Waals surface area contributed by atoms with Crippen LogP contribution >= 0.6 is 11.6 Å². The Hall–Kier alpha value is -2.66. The Morgan fingerprint density at radius 3 is 2.79 bits per heavy atom. The molecule has 1 heterocycles. The Labute approximate surface area is 143 Å². The molecule has 0 aliphatic rings. The van der Waals surface area contributed by atoms with E-state index in [9.17, 15) is 9.59 Å². The molecule has 0 radical (unpaired) electrons. The molecule has 24 heavy (non-hydrogen) atoms. The number of aromatic nitrogens is 2. The molecule has 5 nitrogen and oxygen atoms in total. The van der Waals surface area contributed by atoms with Gasteiger partial charge in [0.15, 0.2) is 0 Å². The second-order valence-electron chi connectivity index (χ2n) is 5.47. The molecule has 0 spiro atoms. The number of hydrogen-bond acceptors (Lipinski definition) is 3. The molecule has 0 atom stereocenters. The van der Waals surface area contributed by atoms with Crippen LogP contribution in [-0.4, -0.2) is 15.5 Å². The van der Waals surface area contributed by atoms with E-state index in [0.717, 1.165) is 0 Å². The van der Waals surface area contributed by atoms with Crippen molar-refractivity contribution in [3.8, 4) is 0 Å². The van der Waals surface area contributed by atoms with Gasteiger partial charge in [0.25, 0.3) is 5.56 Å². The summed E-state index contributed by atoms with van der Waals surface area (Å²) in [5.41, 5.74) is 1.18. The highest BCUT2D eigenvalue weighted by Gasteiger charge is 2.10. The summed E-state index contributed by atoms with van der Waals surface area (Å²) in [6, 6.07) is 14.2. The Kier molecular flexibility index (Phi) is 4.62. The molecule has 1 amide bonds. The highest BCUT2D eigenvalue weighted by Crippen LogP contribution is 2.15. The summed E-state index contributed by atoms with van der Waals surface area (Å²) < 4.78 is 1.50. The summed E-state index contributed by atoms with van der Waals surface area (Å²) in [6.45, 7) is 0. The summed E-state index contributed by atoms with van der Waals surface area (Å²) in [4.78, 5) is 28.9. The van der Waals surface area contributed by atoms with Crippen molar-refractivity contribution >= 4 is 34.1 Å². The fourth-order valence-corrected chi connectivity index (χ4v) is 2.69. The first-order chi connectivity index (χ1) is 11.5. The van der Waals surface area contributed by atoms with Crippen molar-refractivity contribution in [3.05, 3.63) is 69.7 Å². The molecule has 1 N–H and O–H groups in total. The zero-order valence-electron chi connectivity index (χ0n) is 13.1. The normalized spacial score (nSPS) is 10.8. The molecule has 0 aliphatic carbocycles. The number of hydrogen-bond donors (Lipinski definition) is 1. The number of carbonyl (C=O) groups excluding carboxylic acids is 1. The topological polar surface area (TPSA) is 64.0 Å². The minimum Gasteiger partial charge on any atom is -0.326 e. The predicted octanol–water partition coefficient (Wildman–Crippen LogP) is 3.16. The SMILES string of the molecule is Cn1c(CCC(=O)Nc2cccc(Cl)c2)nc2ccccc2c1=O. The standard InChI is InChI=1S/C18H16ClN3O2/c1-22-16(21-15-8-3-2-7-14(15)18(22)24)9-10-17(23)20-13-6-4-5-12(19)11-13/h2-8,11H,9-10H2,1H3,(H,20,23). The second kappa shape index (κ2) is 6.84. The van der Waals surface area contributed by atoms with Crippen LogP contribution in [0.2, 0.25) is 5.02 Å². The average molecular weight is 342 g/mol. The van der Waals surface area contributed by atoms with Crippen molar-refractivity contribution in [1.82, 2.24) is 9.55 Å². The van der Waals surface area contributed by atoms with Gasteiger partial charge < -0.3 is 5.32 Å². The number of amides is 1. The molecule has 3 rings (SSSR count). The van der Waals surface area contributed by atoms with E-state index in [4.69, 9.17) is 11.6 Å². The third-order valence-electron chi connectivity index (χ3n) is 3.76. The maximum Gasteiger partial charge on any atom is 0.261 e. The van der Waals surface area contributed by atoms with E-state index in [-0.39, 0.29) is 17.9 Å². The van der Waals surface area contributed by atoms with Gasteiger partial charge in [-0.15, -0.1) is 0 Å². The Morgan fingerprint density at radius 1 is 1.21 bits per heavy atom. The molecule has 122 valence electrons. The first-order valence-corrected chi connectivity index (χ1v) is 7.92. The summed E-state index contributed by atoms with van der Waals surface area (Å²) in [5.74, 6) is 0.430. The molecule has 2 aromatic carbocycles. The monoisotopic (exact) mass is 341 g/mol. The fraction of sp³-hybridized carbons (Fsp3) is 0.167. The number of anilines is 1. The van der Waals surface area contributed by atoms with Gasteiger partial charge >= 0.3 is 0 Å². The summed E-state index contributed by atoms with van der Waals surface area (Å²) in [5, 5.41) is 3.92. The number of nitrogens with zero attached hydrogens (tertiary/aromatic N) is 2. The zero-order valence-corrected chi connectivity index (χ0v) is 13.9. The lowest BCUT2D eigenvalue weighted by atomic mass is 10.2. The Bertz CT molecular complexity index is 966. The van der Waals surface area contributed by atoms with Crippen molar-refractivity contribution in [2.45, 2.75) is 12.8 Å². The highest BCUT2D eigenvalue weighted by molar-refractivity contribution is 6.30. The molecule has 1 aromatic heterocycles. The van der Waals surface area contributed by atoms with E-state index >= 15 is 0 Å². The molecule has 0 unspecified atom stereocenters. The molecule has 0 fully saturated rings. The van der Waals surface area contributed by atoms with Crippen LogP contribution in [0.1, 0.15) is 12.2 Å². The fourth-order valence-electron chi connectivity index (χ4n) is 2.50. The van der Waals surface area contributed by atoms with Crippen LogP contribution in [0.25, 0.3) is 10.9 Å². The molecule has 0 saturated heterocycles. The average Bonchev–Trinajstić information content (AvgIpc) is 2.57. The van der Waals surface area contributed by atoms with E-state index in [1.54, 1.807) is 43.4 Å². The summed E-state index contributed by atoms with van der Waals surface area (Å²) in [6.07, 6.45) is 0.605. The molecule has 6 heteroatoms. The van der Waals surface area contributed by atoms with Gasteiger partial charge in [-0.1, -0.05) is 29.8 Å². The number of nitrogens with one attached hydrogen (secondary N) is 1. The van der Waals surface area contributed by atoms with E-state index in [0.29, 0.717) is 33.9 Å². The Morgan fingerprint density at radius 2 is 2.00 bits per heavy atom. The van der Waals surface area contributed by atoms with E-state index in [1.807, 2.05) is 12.1 Å². The lowest BCUT2D eigenvalue weighted by molar-refractivity contribution is -0.116. The number of carbonyl (C=O) groups is 1. The lowest BCUT2D eigenvalue weighted by Gasteiger charge is -2.09. The maximum atomic E-state index is 12.3. The number of benzene rings is 2. The van der Waals surface area contributed by atoms with Crippen LogP contribution in [0.3, 0.4) is 0 Å². The van der Waals surface area contributed by atoms with Gasteiger partial charge in [0.05, 0.1) is 10.9 Å². The molecule has 3 aromatic rings.